The molecule has 2 unspecified atom stereocenters. The third kappa shape index (κ3) is 1.81. The molecule has 0 amide bonds. The zero-order valence-electron chi connectivity index (χ0n) is 10.1. The topological polar surface area (TPSA) is 27.1 Å². The third-order valence-electron chi connectivity index (χ3n) is 3.28. The van der Waals surface area contributed by atoms with E-state index < -0.39 is 0 Å². The molecule has 0 saturated carbocycles. The zero-order valence-corrected chi connectivity index (χ0v) is 10.1. The van der Waals surface area contributed by atoms with Crippen molar-refractivity contribution in [1.29, 1.82) is 0 Å². The van der Waals surface area contributed by atoms with E-state index in [2.05, 4.69) is 30.3 Å². The molecule has 2 heterocycles. The first-order chi connectivity index (χ1) is 7.13. The number of rotatable bonds is 2. The van der Waals surface area contributed by atoms with Crippen LogP contribution in [0, 0.1) is 12.8 Å². The first-order valence-electron chi connectivity index (χ1n) is 5.69. The van der Waals surface area contributed by atoms with Crippen molar-refractivity contribution in [2.45, 2.75) is 46.3 Å². The standard InChI is InChI=1S/C12H20N2O/c1-8-5-9(2)14-11(7-15-4)10(3)13-12(14)6-8/h8-9H,5-7H2,1-4H3. The van der Waals surface area contributed by atoms with Gasteiger partial charge in [-0.05, 0) is 26.2 Å². The summed E-state index contributed by atoms with van der Waals surface area (Å²) in [6.07, 6.45) is 2.36. The normalized spacial score (nSPS) is 25.3. The number of imidazole rings is 1. The van der Waals surface area contributed by atoms with Crippen LogP contribution in [0.4, 0.5) is 0 Å². The lowest BCUT2D eigenvalue weighted by atomic mass is 9.95. The van der Waals surface area contributed by atoms with Gasteiger partial charge in [0.05, 0.1) is 18.0 Å². The SMILES string of the molecule is COCc1c(C)nc2n1C(C)CC(C)C2. The summed E-state index contributed by atoms with van der Waals surface area (Å²) < 4.78 is 7.62. The van der Waals surface area contributed by atoms with Crippen molar-refractivity contribution in [2.75, 3.05) is 7.11 Å². The number of aryl methyl sites for hydroxylation is 1. The van der Waals surface area contributed by atoms with Crippen molar-refractivity contribution in [1.82, 2.24) is 9.55 Å². The van der Waals surface area contributed by atoms with Crippen molar-refractivity contribution < 1.29 is 4.74 Å². The van der Waals surface area contributed by atoms with Crippen LogP contribution in [0.3, 0.4) is 0 Å². The van der Waals surface area contributed by atoms with Gasteiger partial charge < -0.3 is 9.30 Å². The molecular formula is C12H20N2O. The van der Waals surface area contributed by atoms with Crippen LogP contribution in [-0.2, 0) is 17.8 Å². The summed E-state index contributed by atoms with van der Waals surface area (Å²) in [5.74, 6) is 2.00. The van der Waals surface area contributed by atoms with Gasteiger partial charge in [-0.15, -0.1) is 0 Å². The first-order valence-corrected chi connectivity index (χ1v) is 5.69. The lowest BCUT2D eigenvalue weighted by Gasteiger charge is -2.28. The fraction of sp³-hybridized carbons (Fsp3) is 0.750. The molecule has 0 aliphatic carbocycles. The average molecular weight is 208 g/mol. The second kappa shape index (κ2) is 3.97. The van der Waals surface area contributed by atoms with E-state index in [0.717, 1.165) is 18.0 Å². The van der Waals surface area contributed by atoms with Crippen molar-refractivity contribution >= 4 is 0 Å². The molecule has 2 rings (SSSR count). The maximum atomic E-state index is 5.25. The molecule has 2 atom stereocenters. The van der Waals surface area contributed by atoms with Crippen LogP contribution in [0.25, 0.3) is 0 Å². The maximum Gasteiger partial charge on any atom is 0.109 e. The Morgan fingerprint density at radius 2 is 2.20 bits per heavy atom. The molecule has 1 aliphatic heterocycles. The molecule has 0 saturated heterocycles. The van der Waals surface area contributed by atoms with Gasteiger partial charge in [-0.1, -0.05) is 6.92 Å². The number of aromatic nitrogens is 2. The molecule has 0 aromatic carbocycles. The minimum Gasteiger partial charge on any atom is -0.378 e. The molecule has 0 bridgehead atoms. The van der Waals surface area contributed by atoms with Crippen LogP contribution in [0.2, 0.25) is 0 Å². The van der Waals surface area contributed by atoms with E-state index >= 15 is 0 Å². The van der Waals surface area contributed by atoms with Crippen molar-refractivity contribution in [3.8, 4) is 0 Å². The van der Waals surface area contributed by atoms with Gasteiger partial charge in [0.2, 0.25) is 0 Å². The van der Waals surface area contributed by atoms with E-state index in [1.54, 1.807) is 7.11 Å². The van der Waals surface area contributed by atoms with Gasteiger partial charge >= 0.3 is 0 Å². The highest BCUT2D eigenvalue weighted by Crippen LogP contribution is 2.31. The highest BCUT2D eigenvalue weighted by molar-refractivity contribution is 5.18. The summed E-state index contributed by atoms with van der Waals surface area (Å²) in [4.78, 5) is 4.65. The van der Waals surface area contributed by atoms with E-state index in [0.29, 0.717) is 12.6 Å². The number of hydrogen-bond donors (Lipinski definition) is 0. The van der Waals surface area contributed by atoms with Crippen LogP contribution in [0.1, 0.15) is 43.5 Å². The Labute approximate surface area is 91.5 Å². The fourth-order valence-electron chi connectivity index (χ4n) is 2.70. The van der Waals surface area contributed by atoms with Gasteiger partial charge in [0.15, 0.2) is 0 Å². The quantitative estimate of drug-likeness (QED) is 0.746. The van der Waals surface area contributed by atoms with Crippen LogP contribution >= 0.6 is 0 Å². The van der Waals surface area contributed by atoms with Gasteiger partial charge in [0.25, 0.3) is 0 Å². The average Bonchev–Trinajstić information content (AvgIpc) is 2.43. The van der Waals surface area contributed by atoms with E-state index in [1.165, 1.54) is 17.9 Å². The molecule has 3 nitrogen and oxygen atoms in total. The van der Waals surface area contributed by atoms with Crippen LogP contribution in [-0.4, -0.2) is 16.7 Å². The lowest BCUT2D eigenvalue weighted by molar-refractivity contribution is 0.172. The predicted octanol–water partition coefficient (Wildman–Crippen LogP) is 2.48. The van der Waals surface area contributed by atoms with Gasteiger partial charge in [0, 0.05) is 19.6 Å². The highest BCUT2D eigenvalue weighted by atomic mass is 16.5. The molecule has 15 heavy (non-hydrogen) atoms. The summed E-state index contributed by atoms with van der Waals surface area (Å²) in [5.41, 5.74) is 2.39. The summed E-state index contributed by atoms with van der Waals surface area (Å²) in [6.45, 7) is 7.34. The second-order valence-corrected chi connectivity index (χ2v) is 4.76. The number of nitrogens with zero attached hydrogens (tertiary/aromatic N) is 2. The number of methoxy groups -OCH3 is 1. The maximum absolute atomic E-state index is 5.25. The van der Waals surface area contributed by atoms with Crippen LogP contribution in [0.15, 0.2) is 0 Å². The molecule has 3 heteroatoms. The van der Waals surface area contributed by atoms with E-state index in [9.17, 15) is 0 Å². The third-order valence-corrected chi connectivity index (χ3v) is 3.28. The minimum atomic E-state index is 0.565. The summed E-state index contributed by atoms with van der Waals surface area (Å²) in [5, 5.41) is 0. The molecule has 1 aromatic heterocycles. The van der Waals surface area contributed by atoms with Crippen LogP contribution in [0.5, 0.6) is 0 Å². The molecule has 0 fully saturated rings. The van der Waals surface area contributed by atoms with Crippen molar-refractivity contribution in [3.05, 3.63) is 17.2 Å². The van der Waals surface area contributed by atoms with Gasteiger partial charge in [0.1, 0.15) is 5.82 Å². The van der Waals surface area contributed by atoms with E-state index in [-0.39, 0.29) is 0 Å². The molecular weight excluding hydrogens is 188 g/mol. The minimum absolute atomic E-state index is 0.565. The van der Waals surface area contributed by atoms with Gasteiger partial charge in [-0.25, -0.2) is 4.98 Å². The highest BCUT2D eigenvalue weighted by Gasteiger charge is 2.25. The molecule has 0 spiro atoms. The Balaban J connectivity index is 2.41. The largest absolute Gasteiger partial charge is 0.378 e. The molecule has 84 valence electrons. The number of ether oxygens (including phenoxy) is 1. The summed E-state index contributed by atoms with van der Waals surface area (Å²) in [7, 11) is 1.75. The Morgan fingerprint density at radius 1 is 1.47 bits per heavy atom. The second-order valence-electron chi connectivity index (χ2n) is 4.76. The summed E-state index contributed by atoms with van der Waals surface area (Å²) in [6, 6.07) is 0.565. The van der Waals surface area contributed by atoms with E-state index in [4.69, 9.17) is 4.74 Å². The van der Waals surface area contributed by atoms with E-state index in [1.807, 2.05) is 0 Å². The summed E-state index contributed by atoms with van der Waals surface area (Å²) >= 11 is 0. The molecule has 0 N–H and O–H groups in total. The lowest BCUT2D eigenvalue weighted by Crippen LogP contribution is -2.23. The van der Waals surface area contributed by atoms with Crippen LogP contribution < -0.4 is 0 Å². The smallest absolute Gasteiger partial charge is 0.109 e. The zero-order chi connectivity index (χ0) is 11.0. The fourth-order valence-corrected chi connectivity index (χ4v) is 2.70. The predicted molar refractivity (Wildman–Crippen MR) is 59.9 cm³/mol. The Bertz CT molecular complexity index is 357. The monoisotopic (exact) mass is 208 g/mol. The molecule has 0 radical (unpaired) electrons. The Kier molecular flexibility index (Phi) is 2.83. The molecule has 1 aliphatic rings. The Morgan fingerprint density at radius 3 is 2.87 bits per heavy atom. The first kappa shape index (κ1) is 10.7. The van der Waals surface area contributed by atoms with Gasteiger partial charge in [-0.2, -0.15) is 0 Å². The van der Waals surface area contributed by atoms with Crippen molar-refractivity contribution in [2.24, 2.45) is 5.92 Å². The van der Waals surface area contributed by atoms with Gasteiger partial charge in [-0.3, -0.25) is 0 Å². The Hall–Kier alpha value is -0.830. The van der Waals surface area contributed by atoms with Crippen molar-refractivity contribution in [3.63, 3.8) is 0 Å². The number of hydrogen-bond acceptors (Lipinski definition) is 2. The molecule has 1 aromatic rings. The number of fused-ring (bicyclic) bond motifs is 1.